The molecule has 1 aromatic heterocycles. The van der Waals surface area contributed by atoms with E-state index in [4.69, 9.17) is 4.74 Å². The second kappa shape index (κ2) is 5.69. The molecule has 1 atom stereocenters. The Labute approximate surface area is 107 Å². The van der Waals surface area contributed by atoms with E-state index in [1.54, 1.807) is 7.11 Å². The standard InChI is InChI=1S/C14H19N3O/c1-10(15-2)7-12-9-14(17-16-12)11-5-4-6-13(8-11)18-3/h4-6,8-10,15H,7H2,1-3H3,(H,16,17). The summed E-state index contributed by atoms with van der Waals surface area (Å²) in [4.78, 5) is 0. The third kappa shape index (κ3) is 2.90. The van der Waals surface area contributed by atoms with Crippen molar-refractivity contribution in [1.82, 2.24) is 15.5 Å². The van der Waals surface area contributed by atoms with E-state index in [2.05, 4.69) is 28.5 Å². The predicted octanol–water partition coefficient (Wildman–Crippen LogP) is 2.24. The van der Waals surface area contributed by atoms with Crippen molar-refractivity contribution in [1.29, 1.82) is 0 Å². The molecule has 0 spiro atoms. The van der Waals surface area contributed by atoms with Gasteiger partial charge in [0.1, 0.15) is 5.75 Å². The van der Waals surface area contributed by atoms with Gasteiger partial charge in [-0.05, 0) is 32.2 Å². The molecular formula is C14H19N3O. The molecule has 1 unspecified atom stereocenters. The third-order valence-electron chi connectivity index (χ3n) is 3.02. The minimum atomic E-state index is 0.434. The number of nitrogens with zero attached hydrogens (tertiary/aromatic N) is 1. The van der Waals surface area contributed by atoms with E-state index in [1.807, 2.05) is 31.3 Å². The average molecular weight is 245 g/mol. The molecule has 0 bridgehead atoms. The highest BCUT2D eigenvalue weighted by molar-refractivity contribution is 5.61. The van der Waals surface area contributed by atoms with Crippen LogP contribution in [-0.4, -0.2) is 30.4 Å². The zero-order valence-electron chi connectivity index (χ0n) is 11.0. The molecule has 0 aliphatic carbocycles. The molecule has 1 heterocycles. The fourth-order valence-corrected chi connectivity index (χ4v) is 1.83. The monoisotopic (exact) mass is 245 g/mol. The first-order valence-electron chi connectivity index (χ1n) is 6.09. The van der Waals surface area contributed by atoms with Gasteiger partial charge in [0.15, 0.2) is 0 Å². The number of rotatable bonds is 5. The molecule has 4 heteroatoms. The van der Waals surface area contributed by atoms with Crippen LogP contribution in [0.4, 0.5) is 0 Å². The second-order valence-electron chi connectivity index (χ2n) is 4.40. The highest BCUT2D eigenvalue weighted by Gasteiger charge is 2.07. The molecule has 18 heavy (non-hydrogen) atoms. The van der Waals surface area contributed by atoms with E-state index in [0.717, 1.165) is 29.1 Å². The van der Waals surface area contributed by atoms with Crippen molar-refractivity contribution in [2.75, 3.05) is 14.2 Å². The van der Waals surface area contributed by atoms with E-state index in [0.29, 0.717) is 6.04 Å². The molecule has 0 aliphatic heterocycles. The Bertz CT molecular complexity index is 507. The molecule has 4 nitrogen and oxygen atoms in total. The van der Waals surface area contributed by atoms with Crippen molar-refractivity contribution in [2.45, 2.75) is 19.4 Å². The summed E-state index contributed by atoms with van der Waals surface area (Å²) in [5.74, 6) is 0.848. The summed E-state index contributed by atoms with van der Waals surface area (Å²) in [6.07, 6.45) is 0.938. The zero-order valence-corrected chi connectivity index (χ0v) is 11.0. The van der Waals surface area contributed by atoms with Crippen molar-refractivity contribution in [3.05, 3.63) is 36.0 Å². The molecule has 0 fully saturated rings. The van der Waals surface area contributed by atoms with Crippen molar-refractivity contribution in [2.24, 2.45) is 0 Å². The SMILES string of the molecule is CNC(C)Cc1cc(-c2cccc(OC)c2)n[nH]1. The Kier molecular flexibility index (Phi) is 3.99. The highest BCUT2D eigenvalue weighted by Crippen LogP contribution is 2.22. The molecule has 0 radical (unpaired) electrons. The predicted molar refractivity (Wildman–Crippen MR) is 72.8 cm³/mol. The summed E-state index contributed by atoms with van der Waals surface area (Å²) in [6.45, 7) is 2.14. The fourth-order valence-electron chi connectivity index (χ4n) is 1.83. The van der Waals surface area contributed by atoms with E-state index in [9.17, 15) is 0 Å². The number of ether oxygens (including phenoxy) is 1. The molecule has 0 amide bonds. The highest BCUT2D eigenvalue weighted by atomic mass is 16.5. The van der Waals surface area contributed by atoms with Crippen LogP contribution in [0.25, 0.3) is 11.3 Å². The Morgan fingerprint density at radius 2 is 2.22 bits per heavy atom. The number of benzene rings is 1. The molecule has 96 valence electrons. The molecule has 0 aliphatic rings. The second-order valence-corrected chi connectivity index (χ2v) is 4.40. The maximum Gasteiger partial charge on any atom is 0.119 e. The maximum atomic E-state index is 5.22. The minimum Gasteiger partial charge on any atom is -0.497 e. The smallest absolute Gasteiger partial charge is 0.119 e. The lowest BCUT2D eigenvalue weighted by molar-refractivity contribution is 0.415. The van der Waals surface area contributed by atoms with Gasteiger partial charge in [-0.3, -0.25) is 5.10 Å². The summed E-state index contributed by atoms with van der Waals surface area (Å²) in [6, 6.07) is 10.4. The summed E-state index contributed by atoms with van der Waals surface area (Å²) in [7, 11) is 3.63. The molecule has 0 saturated heterocycles. The van der Waals surface area contributed by atoms with Gasteiger partial charge in [0, 0.05) is 23.7 Å². The van der Waals surface area contributed by atoms with Gasteiger partial charge in [0.05, 0.1) is 12.8 Å². The topological polar surface area (TPSA) is 49.9 Å². The Morgan fingerprint density at radius 1 is 1.39 bits per heavy atom. The van der Waals surface area contributed by atoms with Crippen LogP contribution in [0.15, 0.2) is 30.3 Å². The van der Waals surface area contributed by atoms with Gasteiger partial charge in [0.2, 0.25) is 0 Å². The number of nitrogens with one attached hydrogen (secondary N) is 2. The van der Waals surface area contributed by atoms with E-state index >= 15 is 0 Å². The number of hydrogen-bond acceptors (Lipinski definition) is 3. The lowest BCUT2D eigenvalue weighted by atomic mass is 10.1. The number of methoxy groups -OCH3 is 1. The van der Waals surface area contributed by atoms with Gasteiger partial charge >= 0.3 is 0 Å². The van der Waals surface area contributed by atoms with Gasteiger partial charge < -0.3 is 10.1 Å². The molecule has 0 saturated carbocycles. The van der Waals surface area contributed by atoms with Gasteiger partial charge in [-0.15, -0.1) is 0 Å². The van der Waals surface area contributed by atoms with Crippen LogP contribution in [0, 0.1) is 0 Å². The first-order chi connectivity index (χ1) is 8.72. The quantitative estimate of drug-likeness (QED) is 0.849. The van der Waals surface area contributed by atoms with E-state index in [-0.39, 0.29) is 0 Å². The Balaban J connectivity index is 2.18. The maximum absolute atomic E-state index is 5.22. The van der Waals surface area contributed by atoms with E-state index in [1.165, 1.54) is 0 Å². The van der Waals surface area contributed by atoms with Gasteiger partial charge in [-0.1, -0.05) is 12.1 Å². The van der Waals surface area contributed by atoms with Crippen molar-refractivity contribution < 1.29 is 4.74 Å². The molecule has 2 aromatic rings. The first kappa shape index (κ1) is 12.6. The third-order valence-corrected chi connectivity index (χ3v) is 3.02. The van der Waals surface area contributed by atoms with Crippen LogP contribution in [0.1, 0.15) is 12.6 Å². The number of H-pyrrole nitrogens is 1. The lowest BCUT2D eigenvalue weighted by Gasteiger charge is -2.06. The number of likely N-dealkylation sites (N-methyl/N-ethyl adjacent to an activating group) is 1. The van der Waals surface area contributed by atoms with Crippen molar-refractivity contribution in [3.63, 3.8) is 0 Å². The molecule has 2 N–H and O–H groups in total. The number of aromatic amines is 1. The Hall–Kier alpha value is -1.81. The van der Waals surface area contributed by atoms with Crippen molar-refractivity contribution >= 4 is 0 Å². The van der Waals surface area contributed by atoms with Crippen LogP contribution in [0.3, 0.4) is 0 Å². The summed E-state index contributed by atoms with van der Waals surface area (Å²) in [5, 5.41) is 10.6. The lowest BCUT2D eigenvalue weighted by Crippen LogP contribution is -2.23. The molecule has 2 rings (SSSR count). The normalized spacial score (nSPS) is 12.4. The van der Waals surface area contributed by atoms with Gasteiger partial charge in [-0.2, -0.15) is 5.10 Å². The number of aromatic nitrogens is 2. The van der Waals surface area contributed by atoms with Crippen LogP contribution >= 0.6 is 0 Å². The minimum absolute atomic E-state index is 0.434. The summed E-state index contributed by atoms with van der Waals surface area (Å²) in [5.41, 5.74) is 3.15. The summed E-state index contributed by atoms with van der Waals surface area (Å²) < 4.78 is 5.22. The molecule has 1 aromatic carbocycles. The fraction of sp³-hybridized carbons (Fsp3) is 0.357. The Morgan fingerprint density at radius 3 is 2.94 bits per heavy atom. The van der Waals surface area contributed by atoms with Crippen LogP contribution in [-0.2, 0) is 6.42 Å². The van der Waals surface area contributed by atoms with Crippen molar-refractivity contribution in [3.8, 4) is 17.0 Å². The van der Waals surface area contributed by atoms with Gasteiger partial charge in [0.25, 0.3) is 0 Å². The van der Waals surface area contributed by atoms with Crippen LogP contribution in [0.2, 0.25) is 0 Å². The zero-order chi connectivity index (χ0) is 13.0. The van der Waals surface area contributed by atoms with Crippen LogP contribution in [0.5, 0.6) is 5.75 Å². The summed E-state index contributed by atoms with van der Waals surface area (Å²) >= 11 is 0. The van der Waals surface area contributed by atoms with Crippen LogP contribution < -0.4 is 10.1 Å². The largest absolute Gasteiger partial charge is 0.497 e. The van der Waals surface area contributed by atoms with E-state index < -0.39 is 0 Å². The first-order valence-corrected chi connectivity index (χ1v) is 6.09. The molecular weight excluding hydrogens is 226 g/mol. The average Bonchev–Trinajstić information content (AvgIpc) is 2.87. The number of hydrogen-bond donors (Lipinski definition) is 2. The van der Waals surface area contributed by atoms with Gasteiger partial charge in [-0.25, -0.2) is 0 Å².